The second-order valence-corrected chi connectivity index (χ2v) is 6.64. The Labute approximate surface area is 112 Å². The van der Waals surface area contributed by atoms with Crippen molar-refractivity contribution >= 4 is 0 Å². The summed E-state index contributed by atoms with van der Waals surface area (Å²) in [6.07, 6.45) is 9.67. The zero-order chi connectivity index (χ0) is 13.1. The molecule has 0 aromatic heterocycles. The minimum absolute atomic E-state index is 0.135. The Morgan fingerprint density at radius 1 is 1.17 bits per heavy atom. The molecule has 1 aliphatic heterocycles. The van der Waals surface area contributed by atoms with Gasteiger partial charge in [-0.15, -0.1) is 0 Å². The van der Waals surface area contributed by atoms with E-state index in [-0.39, 0.29) is 5.54 Å². The third kappa shape index (κ3) is 2.89. The van der Waals surface area contributed by atoms with E-state index in [4.69, 9.17) is 10.5 Å². The molecule has 1 saturated heterocycles. The molecule has 0 bridgehead atoms. The van der Waals surface area contributed by atoms with Gasteiger partial charge in [-0.05, 0) is 57.5 Å². The van der Waals surface area contributed by atoms with Gasteiger partial charge in [-0.1, -0.05) is 12.8 Å². The molecule has 3 heteroatoms. The molecule has 106 valence electrons. The highest BCUT2D eigenvalue weighted by Crippen LogP contribution is 2.47. The smallest absolute Gasteiger partial charge is 0.0480 e. The van der Waals surface area contributed by atoms with Gasteiger partial charge in [0.05, 0.1) is 0 Å². The lowest BCUT2D eigenvalue weighted by Gasteiger charge is -2.48. The lowest BCUT2D eigenvalue weighted by atomic mass is 9.75. The molecule has 0 amide bonds. The van der Waals surface area contributed by atoms with Gasteiger partial charge in [0.25, 0.3) is 0 Å². The molecule has 1 atom stereocenters. The fourth-order valence-electron chi connectivity index (χ4n) is 3.86. The molecule has 2 N–H and O–H groups in total. The number of nitrogens with two attached hydrogens (primary N) is 1. The molecule has 1 aliphatic carbocycles. The van der Waals surface area contributed by atoms with E-state index in [1.54, 1.807) is 7.11 Å². The van der Waals surface area contributed by atoms with Crippen molar-refractivity contribution in [2.75, 3.05) is 33.4 Å². The monoisotopic (exact) mass is 254 g/mol. The van der Waals surface area contributed by atoms with E-state index in [9.17, 15) is 0 Å². The van der Waals surface area contributed by atoms with E-state index in [1.807, 2.05) is 0 Å². The summed E-state index contributed by atoms with van der Waals surface area (Å²) in [5.74, 6) is 0. The van der Waals surface area contributed by atoms with E-state index >= 15 is 0 Å². The van der Waals surface area contributed by atoms with E-state index in [0.29, 0.717) is 5.41 Å². The highest BCUT2D eigenvalue weighted by molar-refractivity contribution is 4.95. The highest BCUT2D eigenvalue weighted by Gasteiger charge is 2.41. The zero-order valence-corrected chi connectivity index (χ0v) is 12.2. The van der Waals surface area contributed by atoms with Gasteiger partial charge in [0.2, 0.25) is 0 Å². The third-order valence-electron chi connectivity index (χ3n) is 5.54. The number of ether oxygens (including phenoxy) is 1. The maximum Gasteiger partial charge on any atom is 0.0480 e. The first kappa shape index (κ1) is 14.3. The first-order valence-electron chi connectivity index (χ1n) is 7.58. The van der Waals surface area contributed by atoms with Gasteiger partial charge in [-0.3, -0.25) is 4.90 Å². The van der Waals surface area contributed by atoms with Crippen LogP contribution in [-0.2, 0) is 4.74 Å². The molecule has 3 nitrogen and oxygen atoms in total. The van der Waals surface area contributed by atoms with E-state index in [2.05, 4.69) is 11.8 Å². The van der Waals surface area contributed by atoms with Crippen LogP contribution in [0.5, 0.6) is 0 Å². The Hall–Kier alpha value is -0.120. The van der Waals surface area contributed by atoms with Gasteiger partial charge < -0.3 is 10.5 Å². The molecule has 2 aliphatic rings. The fraction of sp³-hybridized carbons (Fsp3) is 1.00. The van der Waals surface area contributed by atoms with Crippen LogP contribution in [0.2, 0.25) is 0 Å². The van der Waals surface area contributed by atoms with Crippen molar-refractivity contribution in [1.29, 1.82) is 0 Å². The Kier molecular flexibility index (Phi) is 4.68. The second kappa shape index (κ2) is 5.89. The number of hydrogen-bond donors (Lipinski definition) is 1. The van der Waals surface area contributed by atoms with E-state index in [0.717, 1.165) is 19.6 Å². The molecular formula is C15H30N2O. The summed E-state index contributed by atoms with van der Waals surface area (Å²) in [5.41, 5.74) is 6.86. The number of rotatable bonds is 5. The molecule has 1 unspecified atom stereocenters. The van der Waals surface area contributed by atoms with Gasteiger partial charge in [0.15, 0.2) is 0 Å². The number of piperidine rings is 1. The van der Waals surface area contributed by atoms with Crippen LogP contribution in [-0.4, -0.2) is 43.8 Å². The molecule has 1 saturated carbocycles. The Morgan fingerprint density at radius 3 is 2.28 bits per heavy atom. The van der Waals surface area contributed by atoms with Crippen molar-refractivity contribution in [3.63, 3.8) is 0 Å². The Morgan fingerprint density at radius 2 is 1.78 bits per heavy atom. The summed E-state index contributed by atoms with van der Waals surface area (Å²) in [5, 5.41) is 0. The first-order valence-corrected chi connectivity index (χ1v) is 7.58. The fourth-order valence-corrected chi connectivity index (χ4v) is 3.86. The number of likely N-dealkylation sites (tertiary alicyclic amines) is 1. The number of hydrogen-bond acceptors (Lipinski definition) is 3. The second-order valence-electron chi connectivity index (χ2n) is 6.64. The molecule has 1 heterocycles. The molecule has 2 fully saturated rings. The molecule has 18 heavy (non-hydrogen) atoms. The summed E-state index contributed by atoms with van der Waals surface area (Å²) in [7, 11) is 1.78. The minimum Gasteiger partial charge on any atom is -0.385 e. The van der Waals surface area contributed by atoms with Crippen LogP contribution in [0.3, 0.4) is 0 Å². The minimum atomic E-state index is 0.135. The average Bonchev–Trinajstić information content (AvgIpc) is 2.85. The van der Waals surface area contributed by atoms with Crippen LogP contribution in [0.15, 0.2) is 0 Å². The number of nitrogens with zero attached hydrogens (tertiary/aromatic N) is 1. The molecule has 0 aromatic carbocycles. The van der Waals surface area contributed by atoms with Crippen LogP contribution in [0, 0.1) is 5.41 Å². The maximum atomic E-state index is 6.03. The largest absolute Gasteiger partial charge is 0.385 e. The normalized spacial score (nSPS) is 27.5. The standard InChI is InChI=1S/C15H30N2O/c1-14(13-16,9-12-18-2)17-10-7-15(8-11-17)5-3-4-6-15/h3-13,16H2,1-2H3. The predicted octanol–water partition coefficient (Wildman–Crippen LogP) is 2.40. The number of methoxy groups -OCH3 is 1. The molecule has 0 aromatic rings. The van der Waals surface area contributed by atoms with Crippen molar-refractivity contribution in [2.24, 2.45) is 11.1 Å². The van der Waals surface area contributed by atoms with Gasteiger partial charge >= 0.3 is 0 Å². The van der Waals surface area contributed by atoms with Crippen LogP contribution in [0.1, 0.15) is 51.9 Å². The summed E-state index contributed by atoms with van der Waals surface area (Å²) in [6.45, 7) is 6.33. The molecule has 1 spiro atoms. The molecule has 2 rings (SSSR count). The lowest BCUT2D eigenvalue weighted by Crippen LogP contribution is -2.56. The van der Waals surface area contributed by atoms with Gasteiger partial charge in [-0.2, -0.15) is 0 Å². The topological polar surface area (TPSA) is 38.5 Å². The van der Waals surface area contributed by atoms with Gasteiger partial charge in [0.1, 0.15) is 0 Å². The molecular weight excluding hydrogens is 224 g/mol. The summed E-state index contributed by atoms with van der Waals surface area (Å²) in [6, 6.07) is 0. The van der Waals surface area contributed by atoms with Gasteiger partial charge in [-0.25, -0.2) is 0 Å². The quantitative estimate of drug-likeness (QED) is 0.819. The summed E-state index contributed by atoms with van der Waals surface area (Å²) >= 11 is 0. The van der Waals surface area contributed by atoms with E-state index < -0.39 is 0 Å². The van der Waals surface area contributed by atoms with Gasteiger partial charge in [0, 0.05) is 25.8 Å². The maximum absolute atomic E-state index is 6.03. The Bertz CT molecular complexity index is 253. The average molecular weight is 254 g/mol. The van der Waals surface area contributed by atoms with Crippen LogP contribution in [0.4, 0.5) is 0 Å². The van der Waals surface area contributed by atoms with Crippen molar-refractivity contribution in [3.8, 4) is 0 Å². The Balaban J connectivity index is 1.90. The van der Waals surface area contributed by atoms with Crippen molar-refractivity contribution in [1.82, 2.24) is 4.90 Å². The summed E-state index contributed by atoms with van der Waals surface area (Å²) in [4.78, 5) is 2.62. The summed E-state index contributed by atoms with van der Waals surface area (Å²) < 4.78 is 5.24. The van der Waals surface area contributed by atoms with Crippen LogP contribution in [0.25, 0.3) is 0 Å². The highest BCUT2D eigenvalue weighted by atomic mass is 16.5. The predicted molar refractivity (Wildman–Crippen MR) is 75.7 cm³/mol. The van der Waals surface area contributed by atoms with Crippen LogP contribution < -0.4 is 5.73 Å². The van der Waals surface area contributed by atoms with Crippen molar-refractivity contribution < 1.29 is 4.74 Å². The molecule has 0 radical (unpaired) electrons. The van der Waals surface area contributed by atoms with Crippen molar-refractivity contribution in [2.45, 2.75) is 57.4 Å². The first-order chi connectivity index (χ1) is 8.64. The van der Waals surface area contributed by atoms with Crippen LogP contribution >= 0.6 is 0 Å². The third-order valence-corrected chi connectivity index (χ3v) is 5.54. The zero-order valence-electron chi connectivity index (χ0n) is 12.2. The van der Waals surface area contributed by atoms with E-state index in [1.165, 1.54) is 51.6 Å². The SMILES string of the molecule is COCCC(C)(CN)N1CCC2(CCCC2)CC1. The van der Waals surface area contributed by atoms with Crippen molar-refractivity contribution in [3.05, 3.63) is 0 Å². The lowest BCUT2D eigenvalue weighted by molar-refractivity contribution is 0.0139.